The molecule has 0 aromatic heterocycles. The number of aliphatic hydroxyl groups excluding tert-OH is 1. The van der Waals surface area contributed by atoms with Gasteiger partial charge in [0.25, 0.3) is 11.8 Å². The number of hydrogen-bond donors (Lipinski definition) is 3. The molecule has 7 nitrogen and oxygen atoms in total. The number of benzene rings is 2. The van der Waals surface area contributed by atoms with Crippen molar-refractivity contribution in [3.05, 3.63) is 65.4 Å². The summed E-state index contributed by atoms with van der Waals surface area (Å²) < 4.78 is 34.6. The Bertz CT molecular complexity index is 958. The lowest BCUT2D eigenvalue weighted by molar-refractivity contribution is -0.117. The predicted molar refractivity (Wildman–Crippen MR) is 118 cm³/mol. The van der Waals surface area contributed by atoms with Gasteiger partial charge in [0, 0.05) is 12.1 Å². The Balaban J connectivity index is 1.67. The molecule has 0 radical (unpaired) electrons. The molecule has 0 aliphatic heterocycles. The van der Waals surface area contributed by atoms with E-state index >= 15 is 0 Å². The van der Waals surface area contributed by atoms with E-state index in [0.29, 0.717) is 23.5 Å². The van der Waals surface area contributed by atoms with Crippen molar-refractivity contribution < 1.29 is 33.0 Å². The topological polar surface area (TPSA) is 96.9 Å². The maximum Gasteiger partial charge on any atom is 0.387 e. The summed E-state index contributed by atoms with van der Waals surface area (Å²) in [5.41, 5.74) is 0.734. The first-order valence-corrected chi connectivity index (χ1v) is 10.6. The Labute approximate surface area is 190 Å². The maximum atomic E-state index is 12.7. The number of carbonyl (C=O) groups is 2. The highest BCUT2D eigenvalue weighted by atomic mass is 19.3. The minimum absolute atomic E-state index is 0.000102. The van der Waals surface area contributed by atoms with E-state index in [1.54, 1.807) is 24.3 Å². The highest BCUT2D eigenvalue weighted by Crippen LogP contribution is 2.32. The molecular formula is C24H26F2N2O5. The Kier molecular flexibility index (Phi) is 8.77. The van der Waals surface area contributed by atoms with E-state index in [2.05, 4.69) is 15.4 Å². The van der Waals surface area contributed by atoms with Crippen molar-refractivity contribution in [2.24, 2.45) is 5.92 Å². The number of amides is 2. The van der Waals surface area contributed by atoms with Crippen LogP contribution in [-0.4, -0.2) is 43.3 Å². The fourth-order valence-corrected chi connectivity index (χ4v) is 2.98. The van der Waals surface area contributed by atoms with Gasteiger partial charge in [0.2, 0.25) is 0 Å². The summed E-state index contributed by atoms with van der Waals surface area (Å²) in [7, 11) is 0. The molecule has 2 aromatic carbocycles. The van der Waals surface area contributed by atoms with Crippen LogP contribution in [0.15, 0.2) is 54.2 Å². The molecular weight excluding hydrogens is 434 g/mol. The zero-order chi connectivity index (χ0) is 23.6. The van der Waals surface area contributed by atoms with Crippen LogP contribution in [0.1, 0.15) is 35.2 Å². The number of halogens is 2. The fourth-order valence-electron chi connectivity index (χ4n) is 2.98. The Hall–Kier alpha value is -3.46. The molecule has 1 saturated carbocycles. The van der Waals surface area contributed by atoms with Gasteiger partial charge in [-0.05, 0) is 60.4 Å². The average molecular weight is 460 g/mol. The van der Waals surface area contributed by atoms with Crippen LogP contribution in [0.3, 0.4) is 0 Å². The monoisotopic (exact) mass is 460 g/mol. The fraction of sp³-hybridized carbons (Fsp3) is 0.333. The number of rotatable bonds is 12. The van der Waals surface area contributed by atoms with Gasteiger partial charge in [-0.3, -0.25) is 9.59 Å². The van der Waals surface area contributed by atoms with Crippen molar-refractivity contribution in [1.82, 2.24) is 10.6 Å². The lowest BCUT2D eigenvalue weighted by Crippen LogP contribution is -2.36. The summed E-state index contributed by atoms with van der Waals surface area (Å²) in [5.74, 6) is 0.282. The first-order valence-electron chi connectivity index (χ1n) is 10.6. The molecule has 0 atom stereocenters. The molecule has 0 saturated heterocycles. The molecule has 3 N–H and O–H groups in total. The Morgan fingerprint density at radius 2 is 1.73 bits per heavy atom. The van der Waals surface area contributed by atoms with Crippen LogP contribution in [0.4, 0.5) is 8.78 Å². The molecule has 2 amide bonds. The Morgan fingerprint density at radius 1 is 1.06 bits per heavy atom. The summed E-state index contributed by atoms with van der Waals surface area (Å²) in [6.07, 6.45) is 4.94. The second-order valence-corrected chi connectivity index (χ2v) is 7.54. The van der Waals surface area contributed by atoms with Crippen molar-refractivity contribution in [2.45, 2.75) is 25.9 Å². The van der Waals surface area contributed by atoms with Gasteiger partial charge in [0.05, 0.1) is 13.2 Å². The van der Waals surface area contributed by atoms with Gasteiger partial charge in [-0.2, -0.15) is 8.78 Å². The molecule has 2 aromatic rings. The summed E-state index contributed by atoms with van der Waals surface area (Å²) in [4.78, 5) is 25.2. The summed E-state index contributed by atoms with van der Waals surface area (Å²) in [5, 5.41) is 14.0. The van der Waals surface area contributed by atoms with Crippen molar-refractivity contribution >= 4 is 17.9 Å². The molecule has 33 heavy (non-hydrogen) atoms. The van der Waals surface area contributed by atoms with E-state index in [1.165, 1.54) is 43.2 Å². The highest BCUT2D eigenvalue weighted by Gasteiger charge is 2.20. The van der Waals surface area contributed by atoms with Crippen LogP contribution in [-0.2, 0) is 4.79 Å². The lowest BCUT2D eigenvalue weighted by Gasteiger charge is -2.12. The van der Waals surface area contributed by atoms with Crippen molar-refractivity contribution in [3.63, 3.8) is 0 Å². The number of aliphatic hydroxyl groups is 1. The molecule has 0 heterocycles. The molecule has 176 valence electrons. The number of ether oxygens (including phenoxy) is 2. The zero-order valence-corrected chi connectivity index (χ0v) is 17.9. The van der Waals surface area contributed by atoms with Crippen LogP contribution < -0.4 is 20.1 Å². The highest BCUT2D eigenvalue weighted by molar-refractivity contribution is 6.05. The smallest absolute Gasteiger partial charge is 0.387 e. The quantitative estimate of drug-likeness (QED) is 0.422. The van der Waals surface area contributed by atoms with E-state index in [9.17, 15) is 18.4 Å². The largest absolute Gasteiger partial charge is 0.494 e. The van der Waals surface area contributed by atoms with E-state index in [-0.39, 0.29) is 24.6 Å². The van der Waals surface area contributed by atoms with Crippen LogP contribution in [0, 0.1) is 5.92 Å². The average Bonchev–Trinajstić information content (AvgIpc) is 3.62. The Morgan fingerprint density at radius 3 is 2.33 bits per heavy atom. The lowest BCUT2D eigenvalue weighted by atomic mass is 10.1. The molecule has 3 rings (SSSR count). The molecule has 0 bridgehead atoms. The van der Waals surface area contributed by atoms with Crippen molar-refractivity contribution in [2.75, 3.05) is 19.8 Å². The van der Waals surface area contributed by atoms with Crippen LogP contribution in [0.5, 0.6) is 11.5 Å². The number of carbonyl (C=O) groups excluding carboxylic acids is 2. The minimum atomic E-state index is -2.94. The molecule has 9 heteroatoms. The maximum absolute atomic E-state index is 12.7. The normalized spacial score (nSPS) is 13.5. The first-order chi connectivity index (χ1) is 15.9. The second kappa shape index (κ2) is 12.0. The van der Waals surface area contributed by atoms with Crippen molar-refractivity contribution in [1.29, 1.82) is 0 Å². The van der Waals surface area contributed by atoms with Gasteiger partial charge >= 0.3 is 6.61 Å². The van der Waals surface area contributed by atoms with Crippen LogP contribution >= 0.6 is 0 Å². The molecule has 1 aliphatic rings. The number of alkyl halides is 2. The summed E-state index contributed by atoms with van der Waals surface area (Å²) >= 11 is 0. The third kappa shape index (κ3) is 8.19. The van der Waals surface area contributed by atoms with Gasteiger partial charge in [0.15, 0.2) is 0 Å². The molecule has 1 fully saturated rings. The molecule has 1 aliphatic carbocycles. The van der Waals surface area contributed by atoms with E-state index in [1.807, 2.05) is 0 Å². The predicted octanol–water partition coefficient (Wildman–Crippen LogP) is 3.35. The van der Waals surface area contributed by atoms with E-state index < -0.39 is 18.4 Å². The first kappa shape index (κ1) is 24.2. The van der Waals surface area contributed by atoms with E-state index in [0.717, 1.165) is 12.3 Å². The SMILES string of the molecule is O=C(NCCO)C(=Cc1ccc(OC(F)F)cc1)NC(=O)c1ccc(OCCC2CC2)cc1. The third-order valence-corrected chi connectivity index (χ3v) is 4.91. The standard InChI is InChI=1S/C24H26F2N2O5/c25-24(26)33-20-7-3-17(4-8-20)15-21(23(31)27-12-13-29)28-22(30)18-5-9-19(10-6-18)32-14-11-16-1-2-16/h3-10,15-16,24,29H,1-2,11-14H2,(H,27,31)(H,28,30). The van der Waals surface area contributed by atoms with Crippen LogP contribution in [0.25, 0.3) is 6.08 Å². The van der Waals surface area contributed by atoms with Crippen molar-refractivity contribution in [3.8, 4) is 11.5 Å². The number of nitrogens with one attached hydrogen (secondary N) is 2. The second-order valence-electron chi connectivity index (χ2n) is 7.54. The van der Waals surface area contributed by atoms with Gasteiger partial charge < -0.3 is 25.2 Å². The summed E-state index contributed by atoms with van der Waals surface area (Å²) in [6, 6.07) is 12.2. The summed E-state index contributed by atoms with van der Waals surface area (Å²) in [6.45, 7) is -2.58. The number of hydrogen-bond acceptors (Lipinski definition) is 5. The minimum Gasteiger partial charge on any atom is -0.494 e. The zero-order valence-electron chi connectivity index (χ0n) is 17.9. The van der Waals surface area contributed by atoms with Gasteiger partial charge in [-0.1, -0.05) is 25.0 Å². The van der Waals surface area contributed by atoms with Crippen LogP contribution in [0.2, 0.25) is 0 Å². The van der Waals surface area contributed by atoms with Gasteiger partial charge in [0.1, 0.15) is 17.2 Å². The van der Waals surface area contributed by atoms with Gasteiger partial charge in [-0.15, -0.1) is 0 Å². The third-order valence-electron chi connectivity index (χ3n) is 4.91. The molecule has 0 spiro atoms. The molecule has 0 unspecified atom stereocenters. The van der Waals surface area contributed by atoms with E-state index in [4.69, 9.17) is 9.84 Å². The van der Waals surface area contributed by atoms with Gasteiger partial charge in [-0.25, -0.2) is 0 Å².